The van der Waals surface area contributed by atoms with Crippen molar-refractivity contribution < 1.29 is 22.3 Å². The van der Waals surface area contributed by atoms with E-state index in [9.17, 15) is 17.6 Å². The van der Waals surface area contributed by atoms with E-state index in [4.69, 9.17) is 0 Å². The van der Waals surface area contributed by atoms with Crippen molar-refractivity contribution in [3.05, 3.63) is 29.4 Å². The highest BCUT2D eigenvalue weighted by Crippen LogP contribution is 2.30. The second-order valence-electron chi connectivity index (χ2n) is 2.93. The minimum Gasteiger partial charge on any atom is -0.435 e. The lowest BCUT2D eigenvalue weighted by Crippen LogP contribution is -2.11. The first kappa shape index (κ1) is 11.1. The van der Waals surface area contributed by atoms with Gasteiger partial charge in [0.05, 0.1) is 0 Å². The van der Waals surface area contributed by atoms with Crippen molar-refractivity contribution in [3.63, 3.8) is 0 Å². The molecule has 0 aromatic rings. The second kappa shape index (κ2) is 4.48. The molecule has 0 aromatic heterocycles. The molecule has 1 aliphatic carbocycles. The summed E-state index contributed by atoms with van der Waals surface area (Å²) in [5.74, 6) is 0.280. The fourth-order valence-electron chi connectivity index (χ4n) is 1.17. The van der Waals surface area contributed by atoms with Crippen LogP contribution in [0.25, 0.3) is 0 Å². The fourth-order valence-corrected chi connectivity index (χ4v) is 1.17. The van der Waals surface area contributed by atoms with Gasteiger partial charge in [0.15, 0.2) is 0 Å². The van der Waals surface area contributed by atoms with Crippen molar-refractivity contribution in [1.82, 2.24) is 0 Å². The molecule has 14 heavy (non-hydrogen) atoms. The zero-order valence-corrected chi connectivity index (χ0v) is 7.44. The van der Waals surface area contributed by atoms with E-state index in [1.807, 2.05) is 0 Å². The molecule has 0 saturated carbocycles. The monoisotopic (exact) mass is 209 g/mol. The molecule has 0 N–H and O–H groups in total. The minimum atomic E-state index is -3.07. The summed E-state index contributed by atoms with van der Waals surface area (Å²) < 4.78 is 52.3. The quantitative estimate of drug-likeness (QED) is 0.648. The highest BCUT2D eigenvalue weighted by molar-refractivity contribution is 5.34. The number of halogens is 4. The standard InChI is InChI=1S/C9H9F4O/c1-5-2-3-7(14-9(12)13)6(4-5)8(10)11/h2-3,8-9H,4H2,1H3. The molecule has 0 fully saturated rings. The highest BCUT2D eigenvalue weighted by Gasteiger charge is 2.23. The van der Waals surface area contributed by atoms with Crippen molar-refractivity contribution in [2.75, 3.05) is 0 Å². The summed E-state index contributed by atoms with van der Waals surface area (Å²) in [6.07, 6.45) is -0.143. The number of hydrogen-bond acceptors (Lipinski definition) is 1. The first-order chi connectivity index (χ1) is 6.50. The first-order valence-electron chi connectivity index (χ1n) is 3.97. The van der Waals surface area contributed by atoms with Crippen molar-refractivity contribution >= 4 is 0 Å². The summed E-state index contributed by atoms with van der Waals surface area (Å²) in [7, 11) is 0. The summed E-state index contributed by atoms with van der Waals surface area (Å²) >= 11 is 0. The van der Waals surface area contributed by atoms with Crippen LogP contribution in [0.5, 0.6) is 0 Å². The van der Waals surface area contributed by atoms with Crippen molar-refractivity contribution in [1.29, 1.82) is 0 Å². The van der Waals surface area contributed by atoms with E-state index in [1.165, 1.54) is 6.08 Å². The first-order valence-corrected chi connectivity index (χ1v) is 3.97. The predicted octanol–water partition coefficient (Wildman–Crippen LogP) is 3.30. The van der Waals surface area contributed by atoms with Crippen LogP contribution in [0.4, 0.5) is 17.6 Å². The molecule has 0 heterocycles. The third kappa shape index (κ3) is 2.75. The highest BCUT2D eigenvalue weighted by atomic mass is 19.3. The summed E-state index contributed by atoms with van der Waals surface area (Å²) in [6, 6.07) is 0. The van der Waals surface area contributed by atoms with Gasteiger partial charge in [0.1, 0.15) is 5.76 Å². The number of alkyl halides is 4. The molecule has 0 aromatic carbocycles. The minimum absolute atomic E-state index is 0.0176. The largest absolute Gasteiger partial charge is 0.435 e. The molecular weight excluding hydrogens is 200 g/mol. The normalized spacial score (nSPS) is 18.5. The molecule has 0 amide bonds. The average molecular weight is 209 g/mol. The average Bonchev–Trinajstić information content (AvgIpc) is 2.07. The molecule has 0 spiro atoms. The Morgan fingerprint density at radius 1 is 1.21 bits per heavy atom. The number of ether oxygens (including phenoxy) is 1. The van der Waals surface area contributed by atoms with Crippen LogP contribution in [0.15, 0.2) is 23.5 Å². The van der Waals surface area contributed by atoms with Crippen molar-refractivity contribution in [2.45, 2.75) is 26.4 Å². The van der Waals surface area contributed by atoms with Crippen molar-refractivity contribution in [3.8, 4) is 0 Å². The lowest BCUT2D eigenvalue weighted by atomic mass is 9.95. The number of allylic oxidation sites excluding steroid dienone is 3. The number of rotatable bonds is 3. The Balaban J connectivity index is 2.84. The fraction of sp³-hybridized carbons (Fsp3) is 0.444. The zero-order valence-electron chi connectivity index (χ0n) is 7.44. The van der Waals surface area contributed by atoms with E-state index < -0.39 is 18.8 Å². The van der Waals surface area contributed by atoms with Gasteiger partial charge in [-0.2, -0.15) is 8.78 Å². The summed E-state index contributed by atoms with van der Waals surface area (Å²) in [5, 5.41) is 0. The number of hydrogen-bond donors (Lipinski definition) is 0. The van der Waals surface area contributed by atoms with Crippen LogP contribution >= 0.6 is 0 Å². The molecule has 79 valence electrons. The molecule has 1 nitrogen and oxygen atoms in total. The van der Waals surface area contributed by atoms with Gasteiger partial charge in [-0.15, -0.1) is 0 Å². The SMILES string of the molecule is C[C]1C=CC(OC(F)F)=C(C(F)F)C1. The van der Waals surface area contributed by atoms with Gasteiger partial charge in [-0.05, 0) is 18.4 Å². The van der Waals surface area contributed by atoms with Gasteiger partial charge < -0.3 is 4.74 Å². The molecule has 1 radical (unpaired) electrons. The van der Waals surface area contributed by atoms with E-state index in [-0.39, 0.29) is 12.0 Å². The molecule has 1 rings (SSSR count). The van der Waals surface area contributed by atoms with Gasteiger partial charge >= 0.3 is 6.61 Å². The van der Waals surface area contributed by atoms with Crippen LogP contribution in [-0.4, -0.2) is 13.0 Å². The Hall–Kier alpha value is -1.00. The Morgan fingerprint density at radius 3 is 2.36 bits per heavy atom. The van der Waals surface area contributed by atoms with Crippen molar-refractivity contribution in [2.24, 2.45) is 0 Å². The summed E-state index contributed by atoms with van der Waals surface area (Å²) in [5.41, 5.74) is -0.384. The maximum atomic E-state index is 12.4. The van der Waals surface area contributed by atoms with E-state index in [0.717, 1.165) is 6.08 Å². The Morgan fingerprint density at radius 2 is 1.86 bits per heavy atom. The smallest absolute Gasteiger partial charge is 0.387 e. The van der Waals surface area contributed by atoms with Crippen LogP contribution in [0.1, 0.15) is 13.3 Å². The van der Waals surface area contributed by atoms with E-state index >= 15 is 0 Å². The van der Waals surface area contributed by atoms with Crippen LogP contribution in [0, 0.1) is 5.92 Å². The topological polar surface area (TPSA) is 9.23 Å². The molecule has 0 aliphatic heterocycles. The van der Waals surface area contributed by atoms with Crippen LogP contribution in [0.2, 0.25) is 0 Å². The van der Waals surface area contributed by atoms with E-state index in [1.54, 1.807) is 6.92 Å². The predicted molar refractivity (Wildman–Crippen MR) is 42.8 cm³/mol. The molecule has 0 bridgehead atoms. The Labute approximate surface area is 79.0 Å². The Kier molecular flexibility index (Phi) is 3.55. The third-order valence-electron chi connectivity index (χ3n) is 1.78. The van der Waals surface area contributed by atoms with E-state index in [0.29, 0.717) is 5.92 Å². The third-order valence-corrected chi connectivity index (χ3v) is 1.78. The van der Waals surface area contributed by atoms with Gasteiger partial charge in [0, 0.05) is 5.57 Å². The Bertz CT molecular complexity index is 258. The van der Waals surface area contributed by atoms with Gasteiger partial charge in [-0.3, -0.25) is 0 Å². The summed E-state index contributed by atoms with van der Waals surface area (Å²) in [4.78, 5) is 0. The zero-order chi connectivity index (χ0) is 10.7. The van der Waals surface area contributed by atoms with Crippen LogP contribution < -0.4 is 0 Å². The van der Waals surface area contributed by atoms with Crippen LogP contribution in [0.3, 0.4) is 0 Å². The molecule has 1 aliphatic rings. The molecule has 5 heteroatoms. The lowest BCUT2D eigenvalue weighted by molar-refractivity contribution is -0.0945. The lowest BCUT2D eigenvalue weighted by Gasteiger charge is -2.18. The second-order valence-corrected chi connectivity index (χ2v) is 2.93. The molecule has 0 saturated heterocycles. The molecule has 0 atom stereocenters. The molecular formula is C9H9F4O. The maximum Gasteiger partial charge on any atom is 0.387 e. The van der Waals surface area contributed by atoms with Gasteiger partial charge in [0.2, 0.25) is 0 Å². The van der Waals surface area contributed by atoms with Gasteiger partial charge in [-0.1, -0.05) is 13.0 Å². The maximum absolute atomic E-state index is 12.4. The van der Waals surface area contributed by atoms with Crippen LogP contribution in [-0.2, 0) is 4.74 Å². The summed E-state index contributed by atoms with van der Waals surface area (Å²) in [6.45, 7) is -1.42. The van der Waals surface area contributed by atoms with Gasteiger partial charge in [0.25, 0.3) is 6.43 Å². The van der Waals surface area contributed by atoms with Gasteiger partial charge in [-0.25, -0.2) is 8.78 Å². The molecule has 0 unspecified atom stereocenters. The van der Waals surface area contributed by atoms with E-state index in [2.05, 4.69) is 4.74 Å².